The summed E-state index contributed by atoms with van der Waals surface area (Å²) in [4.78, 5) is 18.4. The second kappa shape index (κ2) is 5.70. The first kappa shape index (κ1) is 10.2. The average molecular weight is 189 g/mol. The standard InChI is InChI=1S/C10H11N3O/c1-9(14)11-6-3-2-5-10-12-7-4-8-13-10/h4,7-8H,3,6H2,1H3,(H,11,14). The van der Waals surface area contributed by atoms with Gasteiger partial charge < -0.3 is 5.32 Å². The van der Waals surface area contributed by atoms with Crippen molar-refractivity contribution in [2.24, 2.45) is 0 Å². The number of carbonyl (C=O) groups is 1. The van der Waals surface area contributed by atoms with E-state index in [4.69, 9.17) is 0 Å². The first-order chi connectivity index (χ1) is 6.79. The molecule has 0 aliphatic rings. The number of nitrogens with zero attached hydrogens (tertiary/aromatic N) is 2. The quantitative estimate of drug-likeness (QED) is 0.539. The van der Waals surface area contributed by atoms with Gasteiger partial charge in [0.1, 0.15) is 0 Å². The van der Waals surface area contributed by atoms with Crippen LogP contribution in [-0.2, 0) is 4.79 Å². The number of aromatic nitrogens is 2. The molecule has 0 bridgehead atoms. The summed E-state index contributed by atoms with van der Waals surface area (Å²) in [6.45, 7) is 2.04. The zero-order valence-electron chi connectivity index (χ0n) is 7.95. The molecular formula is C10H11N3O. The van der Waals surface area contributed by atoms with Crippen molar-refractivity contribution in [2.45, 2.75) is 13.3 Å². The van der Waals surface area contributed by atoms with E-state index in [2.05, 4.69) is 27.1 Å². The van der Waals surface area contributed by atoms with Crippen molar-refractivity contribution in [1.29, 1.82) is 0 Å². The van der Waals surface area contributed by atoms with Gasteiger partial charge in [-0.05, 0) is 12.0 Å². The van der Waals surface area contributed by atoms with Crippen LogP contribution in [0.5, 0.6) is 0 Å². The van der Waals surface area contributed by atoms with Gasteiger partial charge in [-0.3, -0.25) is 4.79 Å². The number of hydrogen-bond donors (Lipinski definition) is 1. The lowest BCUT2D eigenvalue weighted by Crippen LogP contribution is -2.20. The number of rotatable bonds is 2. The smallest absolute Gasteiger partial charge is 0.216 e. The fourth-order valence-corrected chi connectivity index (χ4v) is 0.806. The molecule has 0 saturated heterocycles. The minimum absolute atomic E-state index is 0.0391. The molecule has 1 N–H and O–H groups in total. The SMILES string of the molecule is CC(=O)NCCC#Cc1ncccn1. The molecule has 0 radical (unpaired) electrons. The maximum Gasteiger partial charge on any atom is 0.216 e. The number of hydrogen-bond acceptors (Lipinski definition) is 3. The molecule has 1 aromatic heterocycles. The monoisotopic (exact) mass is 189 g/mol. The molecule has 0 aromatic carbocycles. The van der Waals surface area contributed by atoms with E-state index >= 15 is 0 Å². The first-order valence-electron chi connectivity index (χ1n) is 4.29. The average Bonchev–Trinajstić information content (AvgIpc) is 2.18. The van der Waals surface area contributed by atoms with Crippen LogP contribution in [0.4, 0.5) is 0 Å². The van der Waals surface area contributed by atoms with Gasteiger partial charge in [0.15, 0.2) is 0 Å². The van der Waals surface area contributed by atoms with Crippen LogP contribution in [0.25, 0.3) is 0 Å². The molecule has 0 spiro atoms. The summed E-state index contributed by atoms with van der Waals surface area (Å²) in [7, 11) is 0. The van der Waals surface area contributed by atoms with E-state index in [9.17, 15) is 4.79 Å². The third-order valence-corrected chi connectivity index (χ3v) is 1.39. The predicted octanol–water partition coefficient (Wildman–Crippen LogP) is 0.354. The van der Waals surface area contributed by atoms with Gasteiger partial charge >= 0.3 is 0 Å². The van der Waals surface area contributed by atoms with Crippen LogP contribution in [0.1, 0.15) is 19.2 Å². The van der Waals surface area contributed by atoms with Crippen LogP contribution in [0.3, 0.4) is 0 Å². The van der Waals surface area contributed by atoms with Gasteiger partial charge in [0.2, 0.25) is 11.7 Å². The summed E-state index contributed by atoms with van der Waals surface area (Å²) >= 11 is 0. The Labute approximate surface area is 82.8 Å². The van der Waals surface area contributed by atoms with E-state index in [1.807, 2.05) is 0 Å². The summed E-state index contributed by atoms with van der Waals surface area (Å²) in [6, 6.07) is 1.74. The summed E-state index contributed by atoms with van der Waals surface area (Å²) < 4.78 is 0. The molecule has 0 atom stereocenters. The van der Waals surface area contributed by atoms with Crippen LogP contribution in [0.15, 0.2) is 18.5 Å². The topological polar surface area (TPSA) is 54.9 Å². The molecule has 14 heavy (non-hydrogen) atoms. The van der Waals surface area contributed by atoms with Gasteiger partial charge in [0.05, 0.1) is 0 Å². The van der Waals surface area contributed by atoms with Crippen molar-refractivity contribution < 1.29 is 4.79 Å². The van der Waals surface area contributed by atoms with Gasteiger partial charge in [0.25, 0.3) is 0 Å². The molecular weight excluding hydrogens is 178 g/mol. The van der Waals surface area contributed by atoms with Gasteiger partial charge in [-0.25, -0.2) is 9.97 Å². The minimum atomic E-state index is -0.0391. The molecule has 4 heteroatoms. The fraction of sp³-hybridized carbons (Fsp3) is 0.300. The first-order valence-corrected chi connectivity index (χ1v) is 4.29. The Balaban J connectivity index is 2.31. The number of carbonyl (C=O) groups excluding carboxylic acids is 1. The molecule has 4 nitrogen and oxygen atoms in total. The van der Waals surface area contributed by atoms with Crippen LogP contribution in [0.2, 0.25) is 0 Å². The summed E-state index contributed by atoms with van der Waals surface area (Å²) in [5.74, 6) is 6.13. The van der Waals surface area contributed by atoms with Crippen molar-refractivity contribution in [1.82, 2.24) is 15.3 Å². The third kappa shape index (κ3) is 4.21. The van der Waals surface area contributed by atoms with E-state index in [1.165, 1.54) is 6.92 Å². The van der Waals surface area contributed by atoms with Crippen LogP contribution in [-0.4, -0.2) is 22.4 Å². The Kier molecular flexibility index (Phi) is 4.15. The normalized spacial score (nSPS) is 8.64. The summed E-state index contributed by atoms with van der Waals surface area (Å²) in [5.41, 5.74) is 0. The molecule has 1 amide bonds. The Hall–Kier alpha value is -1.89. The van der Waals surface area contributed by atoms with Crippen molar-refractivity contribution in [2.75, 3.05) is 6.54 Å². The Morgan fingerprint density at radius 2 is 2.21 bits per heavy atom. The molecule has 1 aromatic rings. The Morgan fingerprint density at radius 1 is 1.50 bits per heavy atom. The highest BCUT2D eigenvalue weighted by molar-refractivity contribution is 5.72. The lowest BCUT2D eigenvalue weighted by atomic mass is 10.4. The van der Waals surface area contributed by atoms with Crippen LogP contribution < -0.4 is 5.32 Å². The van der Waals surface area contributed by atoms with E-state index in [0.717, 1.165) is 0 Å². The molecule has 0 aliphatic carbocycles. The predicted molar refractivity (Wildman–Crippen MR) is 52.2 cm³/mol. The highest BCUT2D eigenvalue weighted by Gasteiger charge is 1.87. The second-order valence-corrected chi connectivity index (χ2v) is 2.61. The van der Waals surface area contributed by atoms with Crippen LogP contribution >= 0.6 is 0 Å². The highest BCUT2D eigenvalue weighted by atomic mass is 16.1. The van der Waals surface area contributed by atoms with Gasteiger partial charge in [0, 0.05) is 32.3 Å². The molecule has 0 aliphatic heterocycles. The molecule has 72 valence electrons. The molecule has 0 fully saturated rings. The zero-order chi connectivity index (χ0) is 10.2. The van der Waals surface area contributed by atoms with E-state index in [0.29, 0.717) is 18.8 Å². The van der Waals surface area contributed by atoms with Crippen molar-refractivity contribution >= 4 is 5.91 Å². The third-order valence-electron chi connectivity index (χ3n) is 1.39. The summed E-state index contributed by atoms with van der Waals surface area (Å²) in [6.07, 6.45) is 3.90. The maximum absolute atomic E-state index is 10.5. The molecule has 0 saturated carbocycles. The second-order valence-electron chi connectivity index (χ2n) is 2.61. The van der Waals surface area contributed by atoms with E-state index in [1.54, 1.807) is 18.5 Å². The van der Waals surface area contributed by atoms with E-state index in [-0.39, 0.29) is 5.91 Å². The molecule has 0 unspecified atom stereocenters. The van der Waals surface area contributed by atoms with E-state index < -0.39 is 0 Å². The molecule has 1 heterocycles. The van der Waals surface area contributed by atoms with Gasteiger partial charge in [-0.1, -0.05) is 5.92 Å². The van der Waals surface area contributed by atoms with Gasteiger partial charge in [-0.2, -0.15) is 0 Å². The van der Waals surface area contributed by atoms with Crippen LogP contribution in [0, 0.1) is 11.8 Å². The lowest BCUT2D eigenvalue weighted by molar-refractivity contribution is -0.118. The van der Waals surface area contributed by atoms with Crippen molar-refractivity contribution in [3.63, 3.8) is 0 Å². The number of amides is 1. The largest absolute Gasteiger partial charge is 0.355 e. The number of nitrogens with one attached hydrogen (secondary N) is 1. The Morgan fingerprint density at radius 3 is 2.86 bits per heavy atom. The fourth-order valence-electron chi connectivity index (χ4n) is 0.806. The summed E-state index contributed by atoms with van der Waals surface area (Å²) in [5, 5.41) is 2.65. The zero-order valence-corrected chi connectivity index (χ0v) is 7.95. The van der Waals surface area contributed by atoms with Crippen molar-refractivity contribution in [3.8, 4) is 11.8 Å². The highest BCUT2D eigenvalue weighted by Crippen LogP contribution is 1.83. The lowest BCUT2D eigenvalue weighted by Gasteiger charge is -1.94. The minimum Gasteiger partial charge on any atom is -0.355 e. The Bertz CT molecular complexity index is 351. The van der Waals surface area contributed by atoms with Gasteiger partial charge in [-0.15, -0.1) is 0 Å². The maximum atomic E-state index is 10.5. The molecule has 1 rings (SSSR count). The van der Waals surface area contributed by atoms with Crippen molar-refractivity contribution in [3.05, 3.63) is 24.3 Å².